The van der Waals surface area contributed by atoms with Gasteiger partial charge in [0.1, 0.15) is 5.69 Å². The summed E-state index contributed by atoms with van der Waals surface area (Å²) < 4.78 is 38.4. The Morgan fingerprint density at radius 2 is 1.76 bits per heavy atom. The van der Waals surface area contributed by atoms with Gasteiger partial charge in [-0.15, -0.1) is 0 Å². The van der Waals surface area contributed by atoms with Crippen molar-refractivity contribution in [3.8, 4) is 0 Å². The Bertz CT molecular complexity index is 861. The number of nitrogens with one attached hydrogen (secondary N) is 1. The number of hydrogen-bond donors (Lipinski definition) is 1. The molecule has 2 aromatic rings. The molecule has 0 atom stereocenters. The molecule has 1 aromatic heterocycles. The van der Waals surface area contributed by atoms with E-state index in [1.807, 2.05) is 32.0 Å². The van der Waals surface area contributed by atoms with Crippen LogP contribution in [-0.2, 0) is 17.5 Å². The fraction of sp³-hybridized carbons (Fsp3) is 0.429. The topological polar surface area (TPSA) is 48.5 Å². The summed E-state index contributed by atoms with van der Waals surface area (Å²) in [5.41, 5.74) is 2.72. The number of amides is 1. The molecule has 2 heterocycles. The number of hydrogen-bond acceptors (Lipinski definition) is 4. The summed E-state index contributed by atoms with van der Waals surface area (Å²) in [6.07, 6.45) is -3.23. The number of carbonyl (C=O) groups is 1. The van der Waals surface area contributed by atoms with Gasteiger partial charge in [-0.25, -0.2) is 0 Å². The first-order chi connectivity index (χ1) is 13.7. The van der Waals surface area contributed by atoms with E-state index in [2.05, 4.69) is 20.1 Å². The van der Waals surface area contributed by atoms with Crippen LogP contribution in [0.4, 0.5) is 18.9 Å². The Kier molecular flexibility index (Phi) is 6.54. The third-order valence-electron chi connectivity index (χ3n) is 5.01. The van der Waals surface area contributed by atoms with E-state index in [9.17, 15) is 18.0 Å². The van der Waals surface area contributed by atoms with Gasteiger partial charge in [-0.05, 0) is 43.2 Å². The number of nitrogens with zero attached hydrogens (tertiary/aromatic N) is 3. The van der Waals surface area contributed by atoms with Crippen molar-refractivity contribution < 1.29 is 18.0 Å². The third kappa shape index (κ3) is 6.01. The van der Waals surface area contributed by atoms with Gasteiger partial charge in [0.05, 0.1) is 6.54 Å². The van der Waals surface area contributed by atoms with Crippen molar-refractivity contribution in [3.05, 3.63) is 58.9 Å². The number of anilines is 1. The van der Waals surface area contributed by atoms with Crippen LogP contribution in [0, 0.1) is 13.8 Å². The minimum absolute atomic E-state index is 0.0608. The molecule has 1 amide bonds. The molecular formula is C21H25F3N4O. The number of halogens is 3. The Morgan fingerprint density at radius 3 is 2.41 bits per heavy atom. The summed E-state index contributed by atoms with van der Waals surface area (Å²) in [6.45, 7) is 7.48. The van der Waals surface area contributed by atoms with Crippen LogP contribution in [0.3, 0.4) is 0 Å². The zero-order chi connectivity index (χ0) is 21.0. The molecular weight excluding hydrogens is 381 g/mol. The summed E-state index contributed by atoms with van der Waals surface area (Å²) >= 11 is 0. The maximum atomic E-state index is 12.8. The van der Waals surface area contributed by atoms with Gasteiger partial charge in [0.2, 0.25) is 5.91 Å². The Hall–Kier alpha value is -2.45. The molecule has 156 valence electrons. The quantitative estimate of drug-likeness (QED) is 0.826. The molecule has 1 fully saturated rings. The van der Waals surface area contributed by atoms with Gasteiger partial charge >= 0.3 is 6.18 Å². The van der Waals surface area contributed by atoms with E-state index < -0.39 is 11.9 Å². The number of aromatic nitrogens is 1. The van der Waals surface area contributed by atoms with Crippen molar-refractivity contribution in [3.63, 3.8) is 0 Å². The highest BCUT2D eigenvalue weighted by Crippen LogP contribution is 2.28. The zero-order valence-electron chi connectivity index (χ0n) is 16.6. The van der Waals surface area contributed by atoms with Crippen LogP contribution in [-0.4, -0.2) is 53.4 Å². The molecule has 0 radical (unpaired) electrons. The van der Waals surface area contributed by atoms with Crippen molar-refractivity contribution >= 4 is 11.6 Å². The average molecular weight is 406 g/mol. The lowest BCUT2D eigenvalue weighted by atomic mass is 10.1. The molecule has 29 heavy (non-hydrogen) atoms. The van der Waals surface area contributed by atoms with Gasteiger partial charge in [-0.1, -0.05) is 17.7 Å². The van der Waals surface area contributed by atoms with Crippen molar-refractivity contribution in [2.45, 2.75) is 26.6 Å². The van der Waals surface area contributed by atoms with Crippen molar-refractivity contribution in [1.29, 1.82) is 0 Å². The van der Waals surface area contributed by atoms with Gasteiger partial charge in [0.15, 0.2) is 0 Å². The number of carbonyl (C=O) groups excluding carboxylic acids is 1. The van der Waals surface area contributed by atoms with Gasteiger partial charge < -0.3 is 5.32 Å². The first kappa shape index (κ1) is 21.3. The van der Waals surface area contributed by atoms with Gasteiger partial charge in [0.25, 0.3) is 0 Å². The van der Waals surface area contributed by atoms with Crippen molar-refractivity contribution in [2.24, 2.45) is 0 Å². The molecule has 0 bridgehead atoms. The molecule has 0 unspecified atom stereocenters. The molecule has 1 aliphatic rings. The van der Waals surface area contributed by atoms with E-state index in [0.717, 1.165) is 22.9 Å². The van der Waals surface area contributed by atoms with Gasteiger partial charge in [-0.2, -0.15) is 13.2 Å². The van der Waals surface area contributed by atoms with E-state index in [0.29, 0.717) is 44.8 Å². The Morgan fingerprint density at radius 1 is 1.07 bits per heavy atom. The van der Waals surface area contributed by atoms with Gasteiger partial charge in [0, 0.05) is 44.6 Å². The number of piperazine rings is 1. The molecule has 5 nitrogen and oxygen atoms in total. The minimum Gasteiger partial charge on any atom is -0.325 e. The lowest BCUT2D eigenvalue weighted by molar-refractivity contribution is -0.141. The maximum Gasteiger partial charge on any atom is 0.433 e. The second-order valence-electron chi connectivity index (χ2n) is 7.47. The minimum atomic E-state index is -4.43. The zero-order valence-corrected chi connectivity index (χ0v) is 16.6. The van der Waals surface area contributed by atoms with E-state index in [-0.39, 0.29) is 5.91 Å². The maximum absolute atomic E-state index is 12.8. The summed E-state index contributed by atoms with van der Waals surface area (Å²) in [6, 6.07) is 8.61. The number of pyridine rings is 1. The molecule has 1 saturated heterocycles. The number of benzene rings is 1. The number of aryl methyl sites for hydroxylation is 2. The lowest BCUT2D eigenvalue weighted by Gasteiger charge is -2.34. The van der Waals surface area contributed by atoms with Crippen LogP contribution in [0.2, 0.25) is 0 Å². The Labute approximate surface area is 168 Å². The highest BCUT2D eigenvalue weighted by molar-refractivity contribution is 5.93. The highest BCUT2D eigenvalue weighted by atomic mass is 19.4. The molecule has 0 spiro atoms. The predicted octanol–water partition coefficient (Wildman–Crippen LogP) is 3.47. The van der Waals surface area contributed by atoms with Crippen molar-refractivity contribution in [2.75, 3.05) is 38.0 Å². The second kappa shape index (κ2) is 8.92. The fourth-order valence-electron chi connectivity index (χ4n) is 3.44. The Balaban J connectivity index is 1.47. The summed E-state index contributed by atoms with van der Waals surface area (Å²) in [5.74, 6) is -0.0608. The number of rotatable bonds is 5. The molecule has 1 aromatic carbocycles. The molecule has 8 heteroatoms. The molecule has 0 aliphatic carbocycles. The highest BCUT2D eigenvalue weighted by Gasteiger charge is 2.32. The van der Waals surface area contributed by atoms with E-state index in [1.165, 1.54) is 6.20 Å². The SMILES string of the molecule is Cc1ccc(NC(=O)CN2CCN(Cc3ccnc(C(F)(F)F)c3)CC2)c(C)c1. The standard InChI is InChI=1S/C21H25F3N4O/c1-15-3-4-18(16(2)11-15)26-20(29)14-28-9-7-27(8-10-28)13-17-5-6-25-19(12-17)21(22,23)24/h3-6,11-12H,7-10,13-14H2,1-2H3,(H,26,29). The normalized spacial score (nSPS) is 16.0. The second-order valence-corrected chi connectivity index (χ2v) is 7.47. The smallest absolute Gasteiger partial charge is 0.325 e. The summed E-state index contributed by atoms with van der Waals surface area (Å²) in [4.78, 5) is 19.9. The van der Waals surface area contributed by atoms with Crippen LogP contribution in [0.1, 0.15) is 22.4 Å². The van der Waals surface area contributed by atoms with E-state index >= 15 is 0 Å². The van der Waals surface area contributed by atoms with Crippen LogP contribution in [0.25, 0.3) is 0 Å². The summed E-state index contributed by atoms with van der Waals surface area (Å²) in [7, 11) is 0. The molecule has 3 rings (SSSR count). The van der Waals surface area contributed by atoms with E-state index in [4.69, 9.17) is 0 Å². The average Bonchev–Trinajstić information content (AvgIpc) is 2.65. The molecule has 1 N–H and O–H groups in total. The number of alkyl halides is 3. The largest absolute Gasteiger partial charge is 0.433 e. The third-order valence-corrected chi connectivity index (χ3v) is 5.01. The summed E-state index contributed by atoms with van der Waals surface area (Å²) in [5, 5.41) is 2.95. The van der Waals surface area contributed by atoms with Crippen molar-refractivity contribution in [1.82, 2.24) is 14.8 Å². The monoisotopic (exact) mass is 406 g/mol. The first-order valence-corrected chi connectivity index (χ1v) is 9.54. The first-order valence-electron chi connectivity index (χ1n) is 9.54. The predicted molar refractivity (Wildman–Crippen MR) is 106 cm³/mol. The van der Waals surface area contributed by atoms with Crippen LogP contribution < -0.4 is 5.32 Å². The van der Waals surface area contributed by atoms with Crippen LogP contribution in [0.5, 0.6) is 0 Å². The van der Waals surface area contributed by atoms with Crippen LogP contribution in [0.15, 0.2) is 36.5 Å². The van der Waals surface area contributed by atoms with E-state index in [1.54, 1.807) is 6.07 Å². The molecule has 1 aliphatic heterocycles. The van der Waals surface area contributed by atoms with Gasteiger partial charge in [-0.3, -0.25) is 19.6 Å². The fourth-order valence-corrected chi connectivity index (χ4v) is 3.44. The lowest BCUT2D eigenvalue weighted by Crippen LogP contribution is -2.48. The van der Waals surface area contributed by atoms with Crippen LogP contribution >= 0.6 is 0 Å². The molecule has 0 saturated carbocycles.